The third-order valence-corrected chi connectivity index (χ3v) is 2.95. The van der Waals surface area contributed by atoms with Crippen LogP contribution >= 0.6 is 11.8 Å². The van der Waals surface area contributed by atoms with E-state index in [1.54, 1.807) is 23.6 Å². The maximum absolute atomic E-state index is 11.3. The van der Waals surface area contributed by atoms with Gasteiger partial charge in [-0.25, -0.2) is 4.79 Å². The van der Waals surface area contributed by atoms with Gasteiger partial charge in [-0.15, -0.1) is 0 Å². The van der Waals surface area contributed by atoms with Crippen molar-refractivity contribution in [1.82, 2.24) is 4.90 Å². The molecule has 1 saturated heterocycles. The molecule has 0 radical (unpaired) electrons. The van der Waals surface area contributed by atoms with Crippen LogP contribution in [0.1, 0.15) is 13.3 Å². The lowest BCUT2D eigenvalue weighted by molar-refractivity contribution is 0.0149. The van der Waals surface area contributed by atoms with E-state index in [2.05, 4.69) is 0 Å². The fraction of sp³-hybridized carbons (Fsp3) is 0.889. The number of nitrogens with zero attached hydrogens (tertiary/aromatic N) is 1. The molecule has 5 heteroatoms. The molecule has 1 heterocycles. The molecule has 0 aliphatic carbocycles. The summed E-state index contributed by atoms with van der Waals surface area (Å²) in [5, 5.41) is 9.91. The lowest BCUT2D eigenvalue weighted by Crippen LogP contribution is -2.48. The average molecular weight is 219 g/mol. The maximum atomic E-state index is 11.3. The summed E-state index contributed by atoms with van der Waals surface area (Å²) in [4.78, 5) is 12.8. The van der Waals surface area contributed by atoms with Gasteiger partial charge in [0.05, 0.1) is 18.8 Å². The first-order valence-corrected chi connectivity index (χ1v) is 6.07. The fourth-order valence-electron chi connectivity index (χ4n) is 1.51. The van der Waals surface area contributed by atoms with Crippen molar-refractivity contribution >= 4 is 17.9 Å². The molecule has 0 aromatic carbocycles. The van der Waals surface area contributed by atoms with Crippen molar-refractivity contribution in [3.05, 3.63) is 0 Å². The van der Waals surface area contributed by atoms with E-state index >= 15 is 0 Å². The highest BCUT2D eigenvalue weighted by Crippen LogP contribution is 2.15. The largest absolute Gasteiger partial charge is 0.449 e. The molecular weight excluding hydrogens is 202 g/mol. The number of thioether (sulfide) groups is 1. The minimum absolute atomic E-state index is 0.308. The highest BCUT2D eigenvalue weighted by atomic mass is 32.2. The van der Waals surface area contributed by atoms with Gasteiger partial charge in [0.15, 0.2) is 0 Å². The zero-order valence-corrected chi connectivity index (χ0v) is 9.47. The van der Waals surface area contributed by atoms with Gasteiger partial charge in [-0.05, 0) is 19.6 Å². The highest BCUT2D eigenvalue weighted by molar-refractivity contribution is 7.98. The zero-order valence-electron chi connectivity index (χ0n) is 8.65. The number of hydrogen-bond donors (Lipinski definition) is 1. The molecule has 0 bridgehead atoms. The first-order valence-electron chi connectivity index (χ1n) is 4.68. The summed E-state index contributed by atoms with van der Waals surface area (Å²) in [6, 6.07) is 0. The molecule has 1 fully saturated rings. The van der Waals surface area contributed by atoms with Crippen LogP contribution in [0, 0.1) is 0 Å². The predicted molar refractivity (Wildman–Crippen MR) is 56.5 cm³/mol. The molecule has 0 aromatic rings. The Labute approximate surface area is 88.6 Å². The van der Waals surface area contributed by atoms with Crippen LogP contribution in [0.2, 0.25) is 0 Å². The molecule has 1 amide bonds. The summed E-state index contributed by atoms with van der Waals surface area (Å²) in [7, 11) is 0. The number of ether oxygens (including phenoxy) is 1. The number of rotatable bonds is 4. The molecule has 1 aliphatic heterocycles. The standard InChI is InChI=1S/C9H17NO3S/c1-9(12,7-14-2)6-10-4-3-5-13-8(10)11/h12H,3-7H2,1-2H3. The summed E-state index contributed by atoms with van der Waals surface area (Å²) in [6.45, 7) is 3.28. The molecule has 1 aliphatic rings. The Bertz CT molecular complexity index is 208. The van der Waals surface area contributed by atoms with E-state index in [0.29, 0.717) is 25.4 Å². The fourth-order valence-corrected chi connectivity index (χ4v) is 2.22. The van der Waals surface area contributed by atoms with E-state index < -0.39 is 5.60 Å². The summed E-state index contributed by atoms with van der Waals surface area (Å²) in [5.41, 5.74) is -0.824. The Morgan fingerprint density at radius 2 is 2.43 bits per heavy atom. The van der Waals surface area contributed by atoms with Crippen molar-refractivity contribution in [2.45, 2.75) is 18.9 Å². The summed E-state index contributed by atoms with van der Waals surface area (Å²) >= 11 is 1.57. The van der Waals surface area contributed by atoms with E-state index in [-0.39, 0.29) is 6.09 Å². The van der Waals surface area contributed by atoms with Crippen molar-refractivity contribution in [2.75, 3.05) is 31.7 Å². The molecule has 1 unspecified atom stereocenters. The highest BCUT2D eigenvalue weighted by Gasteiger charge is 2.28. The van der Waals surface area contributed by atoms with E-state index in [4.69, 9.17) is 4.74 Å². The number of hydrogen-bond acceptors (Lipinski definition) is 4. The van der Waals surface area contributed by atoms with Gasteiger partial charge in [0, 0.05) is 12.3 Å². The Kier molecular flexibility index (Phi) is 4.07. The van der Waals surface area contributed by atoms with Gasteiger partial charge in [-0.3, -0.25) is 0 Å². The van der Waals surface area contributed by atoms with E-state index in [1.165, 1.54) is 0 Å². The molecule has 1 N–H and O–H groups in total. The van der Waals surface area contributed by atoms with Gasteiger partial charge in [0.1, 0.15) is 0 Å². The number of cyclic esters (lactones) is 1. The number of aliphatic hydroxyl groups is 1. The minimum Gasteiger partial charge on any atom is -0.449 e. The van der Waals surface area contributed by atoms with Gasteiger partial charge in [0.2, 0.25) is 0 Å². The number of β-amino-alcohol motifs (C(OH)–C–C–N with tert-alkyl or cyclic N) is 1. The smallest absolute Gasteiger partial charge is 0.409 e. The first-order chi connectivity index (χ1) is 6.55. The van der Waals surface area contributed by atoms with Crippen molar-refractivity contribution in [3.8, 4) is 0 Å². The van der Waals surface area contributed by atoms with Crippen molar-refractivity contribution in [1.29, 1.82) is 0 Å². The lowest BCUT2D eigenvalue weighted by Gasteiger charge is -2.32. The van der Waals surface area contributed by atoms with E-state index in [9.17, 15) is 9.90 Å². The number of amides is 1. The average Bonchev–Trinajstić information content (AvgIpc) is 2.08. The van der Waals surface area contributed by atoms with Gasteiger partial charge < -0.3 is 14.7 Å². The summed E-state index contributed by atoms with van der Waals surface area (Å²) < 4.78 is 4.88. The maximum Gasteiger partial charge on any atom is 0.409 e. The monoisotopic (exact) mass is 219 g/mol. The van der Waals surface area contributed by atoms with Crippen LogP contribution in [0.4, 0.5) is 4.79 Å². The zero-order chi connectivity index (χ0) is 10.6. The van der Waals surface area contributed by atoms with Crippen LogP contribution in [-0.4, -0.2) is 53.4 Å². The van der Waals surface area contributed by atoms with Crippen LogP contribution < -0.4 is 0 Å². The second-order valence-corrected chi connectivity index (χ2v) is 4.69. The van der Waals surface area contributed by atoms with E-state index in [0.717, 1.165) is 6.42 Å². The minimum atomic E-state index is -0.824. The first kappa shape index (κ1) is 11.7. The molecule has 1 atom stereocenters. The van der Waals surface area contributed by atoms with Crippen molar-refractivity contribution in [3.63, 3.8) is 0 Å². The molecule has 14 heavy (non-hydrogen) atoms. The molecule has 0 spiro atoms. The normalized spacial score (nSPS) is 21.6. The van der Waals surface area contributed by atoms with Crippen molar-refractivity contribution < 1.29 is 14.6 Å². The Hall–Kier alpha value is -0.420. The second-order valence-electron chi connectivity index (χ2n) is 3.82. The topological polar surface area (TPSA) is 49.8 Å². The Morgan fingerprint density at radius 3 is 3.00 bits per heavy atom. The van der Waals surface area contributed by atoms with Gasteiger partial charge >= 0.3 is 6.09 Å². The number of carbonyl (C=O) groups is 1. The Morgan fingerprint density at radius 1 is 1.71 bits per heavy atom. The van der Waals surface area contributed by atoms with Crippen LogP contribution in [0.3, 0.4) is 0 Å². The lowest BCUT2D eigenvalue weighted by atomic mass is 10.1. The van der Waals surface area contributed by atoms with Gasteiger partial charge in [-0.1, -0.05) is 0 Å². The summed E-state index contributed by atoms with van der Waals surface area (Å²) in [5.74, 6) is 0.622. The van der Waals surface area contributed by atoms with Crippen LogP contribution in [-0.2, 0) is 4.74 Å². The Balaban J connectivity index is 2.45. The van der Waals surface area contributed by atoms with Crippen LogP contribution in [0.15, 0.2) is 0 Å². The summed E-state index contributed by atoms with van der Waals surface area (Å²) in [6.07, 6.45) is 2.47. The molecule has 0 aromatic heterocycles. The molecule has 82 valence electrons. The van der Waals surface area contributed by atoms with Gasteiger partial charge in [-0.2, -0.15) is 11.8 Å². The molecular formula is C9H17NO3S. The van der Waals surface area contributed by atoms with Crippen LogP contribution in [0.5, 0.6) is 0 Å². The third-order valence-electron chi connectivity index (χ3n) is 2.04. The van der Waals surface area contributed by atoms with Crippen molar-refractivity contribution in [2.24, 2.45) is 0 Å². The second kappa shape index (κ2) is 4.89. The predicted octanol–water partition coefficient (Wildman–Crippen LogP) is 0.943. The van der Waals surface area contributed by atoms with E-state index in [1.807, 2.05) is 6.26 Å². The quantitative estimate of drug-likeness (QED) is 0.764. The SMILES string of the molecule is CSCC(C)(O)CN1CCCOC1=O. The molecule has 0 saturated carbocycles. The van der Waals surface area contributed by atoms with Gasteiger partial charge in [0.25, 0.3) is 0 Å². The molecule has 1 rings (SSSR count). The number of carbonyl (C=O) groups excluding carboxylic acids is 1. The van der Waals surface area contributed by atoms with Crippen LogP contribution in [0.25, 0.3) is 0 Å². The molecule has 4 nitrogen and oxygen atoms in total. The third kappa shape index (κ3) is 3.38.